The van der Waals surface area contributed by atoms with Gasteiger partial charge >= 0.3 is 0 Å². The first kappa shape index (κ1) is 19.1. The molecule has 0 aromatic heterocycles. The summed E-state index contributed by atoms with van der Waals surface area (Å²) >= 11 is 0. The fourth-order valence-electron chi connectivity index (χ4n) is 3.37. The number of aliphatic hydroxyl groups excluding tert-OH is 1. The monoisotopic (exact) mass is 361 g/mol. The van der Waals surface area contributed by atoms with Gasteiger partial charge in [0, 0.05) is 19.5 Å². The van der Waals surface area contributed by atoms with Crippen molar-refractivity contribution in [2.24, 2.45) is 4.99 Å². The molecule has 0 amide bonds. The Bertz CT molecular complexity index is 589. The first-order chi connectivity index (χ1) is 12.8. The molecule has 2 fully saturated rings. The number of aliphatic imine (C=N–C) groups is 1. The smallest absolute Gasteiger partial charge is 0.131 e. The Balaban J connectivity index is 1.39. The molecule has 0 spiro atoms. The molecule has 0 aliphatic carbocycles. The topological polar surface area (TPSA) is 72.4 Å². The van der Waals surface area contributed by atoms with Gasteiger partial charge in [-0.15, -0.1) is 0 Å². The average Bonchev–Trinajstić information content (AvgIpc) is 3.02. The Morgan fingerprint density at radius 2 is 2.12 bits per heavy atom. The Morgan fingerprint density at radius 1 is 1.27 bits per heavy atom. The van der Waals surface area contributed by atoms with Gasteiger partial charge in [-0.05, 0) is 50.6 Å². The highest BCUT2D eigenvalue weighted by Crippen LogP contribution is 2.17. The van der Waals surface area contributed by atoms with Gasteiger partial charge in [0.05, 0.1) is 12.6 Å². The molecule has 0 saturated carbocycles. The van der Waals surface area contributed by atoms with E-state index in [0.29, 0.717) is 13.2 Å². The van der Waals surface area contributed by atoms with Crippen LogP contribution in [0.4, 0.5) is 0 Å². The van der Waals surface area contributed by atoms with Crippen LogP contribution < -0.4 is 15.7 Å². The summed E-state index contributed by atoms with van der Waals surface area (Å²) in [6.07, 6.45) is 4.86. The lowest BCUT2D eigenvalue weighted by Gasteiger charge is -2.26. The molecule has 144 valence electrons. The lowest BCUT2D eigenvalue weighted by molar-refractivity contribution is 0.0602. The number of rotatable bonds is 8. The summed E-state index contributed by atoms with van der Waals surface area (Å²) in [5.74, 6) is 1.79. The second-order valence-corrected chi connectivity index (χ2v) is 6.98. The minimum absolute atomic E-state index is 0.0485. The Hall–Kier alpha value is -1.67. The van der Waals surface area contributed by atoms with Gasteiger partial charge in [-0.25, -0.2) is 0 Å². The maximum atomic E-state index is 9.16. The van der Waals surface area contributed by atoms with Crippen LogP contribution in [0.2, 0.25) is 0 Å². The fourth-order valence-corrected chi connectivity index (χ4v) is 3.37. The molecule has 1 unspecified atom stereocenters. The van der Waals surface area contributed by atoms with Crippen molar-refractivity contribution in [2.75, 3.05) is 33.0 Å². The van der Waals surface area contributed by atoms with E-state index in [1.165, 1.54) is 37.9 Å². The number of piperidine rings is 1. The highest BCUT2D eigenvalue weighted by Gasteiger charge is 2.24. The molecule has 2 aliphatic rings. The maximum Gasteiger partial charge on any atom is 0.131 e. The van der Waals surface area contributed by atoms with Crippen molar-refractivity contribution < 1.29 is 9.84 Å². The van der Waals surface area contributed by atoms with Crippen molar-refractivity contribution in [1.29, 1.82) is 0 Å². The number of ether oxygens (including phenoxy) is 1. The quantitative estimate of drug-likeness (QED) is 0.610. The third-order valence-corrected chi connectivity index (χ3v) is 4.95. The molecule has 2 heterocycles. The first-order valence-electron chi connectivity index (χ1n) is 9.64. The van der Waals surface area contributed by atoms with E-state index in [1.807, 2.05) is 13.0 Å². The van der Waals surface area contributed by atoms with Crippen LogP contribution in [0.15, 0.2) is 29.3 Å². The molecule has 7 heteroatoms. The number of aliphatic hydroxyl groups is 1. The predicted octanol–water partition coefficient (Wildman–Crippen LogP) is 1.50. The average molecular weight is 361 g/mol. The van der Waals surface area contributed by atoms with Crippen molar-refractivity contribution in [2.45, 2.75) is 45.2 Å². The van der Waals surface area contributed by atoms with Gasteiger partial charge in [0.2, 0.25) is 0 Å². The summed E-state index contributed by atoms with van der Waals surface area (Å²) in [4.78, 5) is 7.06. The standard InChI is InChI=1S/C19H31N5O2/c1-16-19(21-22-24(16)15-25)20-9-6-12-26-18-8-5-7-17(13-18)14-23-10-3-2-4-11-23/h5,7-8,13,16,22,25H,2-4,6,9-12,14-15H2,1H3,(H,20,21). The van der Waals surface area contributed by atoms with Gasteiger partial charge in [0.15, 0.2) is 0 Å². The highest BCUT2D eigenvalue weighted by atomic mass is 16.5. The van der Waals surface area contributed by atoms with Crippen molar-refractivity contribution >= 4 is 5.84 Å². The summed E-state index contributed by atoms with van der Waals surface area (Å²) in [5.41, 5.74) is 7.19. The van der Waals surface area contributed by atoms with Crippen LogP contribution in [-0.2, 0) is 6.54 Å². The lowest BCUT2D eigenvalue weighted by Crippen LogP contribution is -2.39. The van der Waals surface area contributed by atoms with E-state index < -0.39 is 0 Å². The number of amidine groups is 1. The minimum atomic E-state index is -0.0515. The summed E-state index contributed by atoms with van der Waals surface area (Å²) in [6, 6.07) is 8.49. The van der Waals surface area contributed by atoms with Gasteiger partial charge in [0.1, 0.15) is 18.3 Å². The molecular formula is C19H31N5O2. The van der Waals surface area contributed by atoms with E-state index in [4.69, 9.17) is 9.84 Å². The molecular weight excluding hydrogens is 330 g/mol. The van der Waals surface area contributed by atoms with Crippen LogP contribution in [0.25, 0.3) is 0 Å². The van der Waals surface area contributed by atoms with Crippen molar-refractivity contribution in [3.05, 3.63) is 29.8 Å². The van der Waals surface area contributed by atoms with E-state index in [1.54, 1.807) is 5.01 Å². The Labute approximate surface area is 156 Å². The van der Waals surface area contributed by atoms with Crippen LogP contribution in [-0.4, -0.2) is 59.9 Å². The highest BCUT2D eigenvalue weighted by molar-refractivity contribution is 5.87. The molecule has 2 saturated heterocycles. The van der Waals surface area contributed by atoms with Gasteiger partial charge in [-0.1, -0.05) is 18.6 Å². The fraction of sp³-hybridized carbons (Fsp3) is 0.632. The largest absolute Gasteiger partial charge is 0.494 e. The van der Waals surface area contributed by atoms with E-state index in [2.05, 4.69) is 39.1 Å². The molecule has 3 N–H and O–H groups in total. The van der Waals surface area contributed by atoms with E-state index in [9.17, 15) is 0 Å². The summed E-state index contributed by atoms with van der Waals surface area (Å²) < 4.78 is 5.90. The van der Waals surface area contributed by atoms with Crippen LogP contribution >= 0.6 is 0 Å². The third-order valence-electron chi connectivity index (χ3n) is 4.95. The van der Waals surface area contributed by atoms with Crippen molar-refractivity contribution in [3.63, 3.8) is 0 Å². The van der Waals surface area contributed by atoms with E-state index in [-0.39, 0.29) is 12.8 Å². The van der Waals surface area contributed by atoms with Crippen molar-refractivity contribution in [1.82, 2.24) is 20.9 Å². The molecule has 0 bridgehead atoms. The number of hydrazine groups is 2. The molecule has 1 atom stereocenters. The second-order valence-electron chi connectivity index (χ2n) is 6.98. The minimum Gasteiger partial charge on any atom is -0.494 e. The zero-order chi connectivity index (χ0) is 18.2. The Morgan fingerprint density at radius 3 is 2.88 bits per heavy atom. The zero-order valence-electron chi connectivity index (χ0n) is 15.7. The van der Waals surface area contributed by atoms with Gasteiger partial charge in [-0.2, -0.15) is 10.5 Å². The van der Waals surface area contributed by atoms with E-state index >= 15 is 0 Å². The second kappa shape index (κ2) is 9.87. The molecule has 3 rings (SSSR count). The molecule has 1 aromatic carbocycles. The predicted molar refractivity (Wildman–Crippen MR) is 103 cm³/mol. The third kappa shape index (κ3) is 5.41. The molecule has 7 nitrogen and oxygen atoms in total. The SMILES string of the molecule is CC1C(=NCCCOc2cccc(CN3CCCCC3)c2)NNN1CO. The van der Waals surface area contributed by atoms with Gasteiger partial charge < -0.3 is 9.84 Å². The van der Waals surface area contributed by atoms with Crippen LogP contribution in [0.3, 0.4) is 0 Å². The number of nitrogens with zero attached hydrogens (tertiary/aromatic N) is 3. The molecule has 1 aromatic rings. The summed E-state index contributed by atoms with van der Waals surface area (Å²) in [7, 11) is 0. The zero-order valence-corrected chi connectivity index (χ0v) is 15.7. The van der Waals surface area contributed by atoms with Gasteiger partial charge in [0.25, 0.3) is 0 Å². The van der Waals surface area contributed by atoms with Gasteiger partial charge in [-0.3, -0.25) is 15.3 Å². The molecule has 2 aliphatic heterocycles. The number of likely N-dealkylation sites (tertiary alicyclic amines) is 1. The number of nitrogens with one attached hydrogen (secondary N) is 2. The van der Waals surface area contributed by atoms with Crippen LogP contribution in [0.1, 0.15) is 38.2 Å². The number of hydrogen-bond acceptors (Lipinski definition) is 6. The number of hydrogen-bond donors (Lipinski definition) is 3. The lowest BCUT2D eigenvalue weighted by atomic mass is 10.1. The summed E-state index contributed by atoms with van der Waals surface area (Å²) in [5, 5.41) is 10.8. The van der Waals surface area contributed by atoms with Crippen LogP contribution in [0.5, 0.6) is 5.75 Å². The molecule has 0 radical (unpaired) electrons. The van der Waals surface area contributed by atoms with Crippen LogP contribution in [0, 0.1) is 0 Å². The normalized spacial score (nSPS) is 23.3. The Kier molecular flexibility index (Phi) is 7.25. The number of benzene rings is 1. The van der Waals surface area contributed by atoms with Crippen molar-refractivity contribution in [3.8, 4) is 5.75 Å². The van der Waals surface area contributed by atoms with E-state index in [0.717, 1.165) is 24.6 Å². The molecule has 26 heavy (non-hydrogen) atoms. The first-order valence-corrected chi connectivity index (χ1v) is 9.64. The maximum absolute atomic E-state index is 9.16. The summed E-state index contributed by atoms with van der Waals surface area (Å²) in [6.45, 7) is 6.72.